The van der Waals surface area contributed by atoms with E-state index >= 15 is 0 Å². The molecule has 1 aliphatic rings. The molecule has 4 rings (SSSR count). The zero-order valence-electron chi connectivity index (χ0n) is 15.9. The summed E-state index contributed by atoms with van der Waals surface area (Å²) in [5.74, 6) is -0.271. The SMILES string of the molecule is O=C(Cc1c[nH]c2ccccc12)NNC(=O)c1ccccc1OC[C@@H]1CCCO1. The van der Waals surface area contributed by atoms with Crippen molar-refractivity contribution in [1.82, 2.24) is 15.8 Å². The second-order valence-electron chi connectivity index (χ2n) is 6.98. The molecule has 2 amide bonds. The zero-order chi connectivity index (χ0) is 20.1. The number of hydrogen-bond donors (Lipinski definition) is 3. The molecule has 0 bridgehead atoms. The molecule has 1 aliphatic heterocycles. The number of aromatic nitrogens is 1. The lowest BCUT2D eigenvalue weighted by Crippen LogP contribution is -2.42. The normalized spacial score (nSPS) is 15.9. The molecule has 7 nitrogen and oxygen atoms in total. The smallest absolute Gasteiger partial charge is 0.273 e. The summed E-state index contributed by atoms with van der Waals surface area (Å²) in [6.45, 7) is 1.15. The van der Waals surface area contributed by atoms with Crippen molar-refractivity contribution < 1.29 is 19.1 Å². The summed E-state index contributed by atoms with van der Waals surface area (Å²) in [6, 6.07) is 14.7. The third-order valence-electron chi connectivity index (χ3n) is 4.92. The van der Waals surface area contributed by atoms with Gasteiger partial charge in [0, 0.05) is 23.7 Å². The number of carbonyl (C=O) groups is 2. The van der Waals surface area contributed by atoms with E-state index in [0.29, 0.717) is 17.9 Å². The third-order valence-corrected chi connectivity index (χ3v) is 4.92. The Morgan fingerprint density at radius 2 is 1.93 bits per heavy atom. The lowest BCUT2D eigenvalue weighted by Gasteiger charge is -2.14. The molecule has 0 saturated carbocycles. The number of hydrazine groups is 1. The average Bonchev–Trinajstić information content (AvgIpc) is 3.41. The van der Waals surface area contributed by atoms with Crippen LogP contribution in [0.5, 0.6) is 5.75 Å². The lowest BCUT2D eigenvalue weighted by molar-refractivity contribution is -0.121. The molecule has 7 heteroatoms. The minimum absolute atomic E-state index is 0.0574. The molecule has 1 fully saturated rings. The fraction of sp³-hybridized carbons (Fsp3) is 0.273. The molecule has 2 heterocycles. The predicted octanol–water partition coefficient (Wildman–Crippen LogP) is 2.73. The van der Waals surface area contributed by atoms with Gasteiger partial charge >= 0.3 is 0 Å². The van der Waals surface area contributed by atoms with Crippen molar-refractivity contribution in [3.05, 3.63) is 65.9 Å². The highest BCUT2D eigenvalue weighted by Gasteiger charge is 2.18. The minimum atomic E-state index is -0.430. The van der Waals surface area contributed by atoms with E-state index in [2.05, 4.69) is 15.8 Å². The number of para-hydroxylation sites is 2. The summed E-state index contributed by atoms with van der Waals surface area (Å²) < 4.78 is 11.3. The van der Waals surface area contributed by atoms with E-state index in [4.69, 9.17) is 9.47 Å². The molecule has 0 aliphatic carbocycles. The van der Waals surface area contributed by atoms with Crippen molar-refractivity contribution in [2.45, 2.75) is 25.4 Å². The molecule has 0 radical (unpaired) electrons. The molecule has 2 aromatic carbocycles. The monoisotopic (exact) mass is 393 g/mol. The Bertz CT molecular complexity index is 1010. The molecule has 1 aromatic heterocycles. The van der Waals surface area contributed by atoms with Crippen LogP contribution in [0.4, 0.5) is 0 Å². The van der Waals surface area contributed by atoms with Gasteiger partial charge in [-0.05, 0) is 36.6 Å². The summed E-state index contributed by atoms with van der Waals surface area (Å²) in [7, 11) is 0. The highest BCUT2D eigenvalue weighted by molar-refractivity contribution is 5.98. The van der Waals surface area contributed by atoms with E-state index in [1.807, 2.05) is 24.3 Å². The van der Waals surface area contributed by atoms with Crippen LogP contribution in [0.15, 0.2) is 54.7 Å². The molecule has 29 heavy (non-hydrogen) atoms. The Balaban J connectivity index is 1.33. The lowest BCUT2D eigenvalue weighted by atomic mass is 10.1. The van der Waals surface area contributed by atoms with Crippen LogP contribution in [0, 0.1) is 0 Å². The molecule has 3 N–H and O–H groups in total. The van der Waals surface area contributed by atoms with Gasteiger partial charge in [0.1, 0.15) is 12.4 Å². The van der Waals surface area contributed by atoms with Crippen LogP contribution in [0.1, 0.15) is 28.8 Å². The second-order valence-corrected chi connectivity index (χ2v) is 6.98. The standard InChI is InChI=1S/C22H23N3O4/c26-21(12-15-13-23-19-9-3-1-7-17(15)19)24-25-22(27)18-8-2-4-10-20(18)29-14-16-6-5-11-28-16/h1-4,7-10,13,16,23H,5-6,11-12,14H2,(H,24,26)(H,25,27)/t16-/m0/s1. The highest BCUT2D eigenvalue weighted by atomic mass is 16.5. The molecule has 1 saturated heterocycles. The fourth-order valence-corrected chi connectivity index (χ4v) is 3.43. The largest absolute Gasteiger partial charge is 0.490 e. The summed E-state index contributed by atoms with van der Waals surface area (Å²) >= 11 is 0. The van der Waals surface area contributed by atoms with Gasteiger partial charge in [0.2, 0.25) is 5.91 Å². The van der Waals surface area contributed by atoms with Crippen molar-refractivity contribution in [2.75, 3.05) is 13.2 Å². The Kier molecular flexibility index (Phi) is 5.76. The number of amides is 2. The van der Waals surface area contributed by atoms with E-state index in [1.165, 1.54) is 0 Å². The van der Waals surface area contributed by atoms with Gasteiger partial charge in [-0.2, -0.15) is 0 Å². The van der Waals surface area contributed by atoms with Gasteiger partial charge < -0.3 is 14.5 Å². The first-order valence-corrected chi connectivity index (χ1v) is 9.68. The maximum absolute atomic E-state index is 12.5. The zero-order valence-corrected chi connectivity index (χ0v) is 15.9. The summed E-state index contributed by atoms with van der Waals surface area (Å²) in [4.78, 5) is 28.0. The van der Waals surface area contributed by atoms with E-state index in [0.717, 1.165) is 35.9 Å². The van der Waals surface area contributed by atoms with E-state index < -0.39 is 5.91 Å². The Labute approximate surface area is 168 Å². The summed E-state index contributed by atoms with van der Waals surface area (Å²) in [6.07, 6.45) is 4.00. The van der Waals surface area contributed by atoms with Gasteiger partial charge in [-0.3, -0.25) is 20.4 Å². The predicted molar refractivity (Wildman–Crippen MR) is 109 cm³/mol. The number of benzene rings is 2. The Morgan fingerprint density at radius 1 is 1.10 bits per heavy atom. The van der Waals surface area contributed by atoms with Crippen molar-refractivity contribution in [1.29, 1.82) is 0 Å². The number of nitrogens with one attached hydrogen (secondary N) is 3. The van der Waals surface area contributed by atoms with Crippen LogP contribution in [0.3, 0.4) is 0 Å². The molecule has 0 spiro atoms. The topological polar surface area (TPSA) is 92.5 Å². The van der Waals surface area contributed by atoms with Crippen LogP contribution >= 0.6 is 0 Å². The third kappa shape index (κ3) is 4.57. The number of fused-ring (bicyclic) bond motifs is 1. The number of hydrogen-bond acceptors (Lipinski definition) is 4. The molecule has 3 aromatic rings. The quantitative estimate of drug-likeness (QED) is 0.562. The van der Waals surface area contributed by atoms with E-state index in [-0.39, 0.29) is 18.4 Å². The van der Waals surface area contributed by atoms with Crippen LogP contribution in [0.2, 0.25) is 0 Å². The minimum Gasteiger partial charge on any atom is -0.490 e. The van der Waals surface area contributed by atoms with Gasteiger partial charge in [-0.25, -0.2) is 0 Å². The van der Waals surface area contributed by atoms with Crippen molar-refractivity contribution >= 4 is 22.7 Å². The first kappa shape index (κ1) is 19.0. The summed E-state index contributed by atoms with van der Waals surface area (Å²) in [5.41, 5.74) is 7.14. The molecular formula is C22H23N3O4. The van der Waals surface area contributed by atoms with Crippen LogP contribution in [-0.2, 0) is 16.0 Å². The molecule has 1 atom stereocenters. The van der Waals surface area contributed by atoms with Crippen LogP contribution in [0.25, 0.3) is 10.9 Å². The average molecular weight is 393 g/mol. The number of H-pyrrole nitrogens is 1. The molecular weight excluding hydrogens is 370 g/mol. The summed E-state index contributed by atoms with van der Waals surface area (Å²) in [5, 5.41) is 0.988. The van der Waals surface area contributed by atoms with Crippen LogP contribution in [-0.4, -0.2) is 36.1 Å². The maximum Gasteiger partial charge on any atom is 0.273 e. The van der Waals surface area contributed by atoms with E-state index in [9.17, 15) is 9.59 Å². The van der Waals surface area contributed by atoms with Gasteiger partial charge in [0.05, 0.1) is 18.1 Å². The number of rotatable bonds is 6. The second kappa shape index (κ2) is 8.79. The fourth-order valence-electron chi connectivity index (χ4n) is 3.43. The molecule has 0 unspecified atom stereocenters. The van der Waals surface area contributed by atoms with Gasteiger partial charge in [-0.1, -0.05) is 30.3 Å². The van der Waals surface area contributed by atoms with Crippen molar-refractivity contribution in [3.63, 3.8) is 0 Å². The highest BCUT2D eigenvalue weighted by Crippen LogP contribution is 2.20. The van der Waals surface area contributed by atoms with Crippen molar-refractivity contribution in [2.24, 2.45) is 0 Å². The van der Waals surface area contributed by atoms with Crippen molar-refractivity contribution in [3.8, 4) is 5.75 Å². The van der Waals surface area contributed by atoms with Gasteiger partial charge in [0.25, 0.3) is 5.91 Å². The number of carbonyl (C=O) groups excluding carboxylic acids is 2. The van der Waals surface area contributed by atoms with Crippen LogP contribution < -0.4 is 15.6 Å². The first-order valence-electron chi connectivity index (χ1n) is 9.68. The van der Waals surface area contributed by atoms with Gasteiger partial charge in [-0.15, -0.1) is 0 Å². The Morgan fingerprint density at radius 3 is 2.79 bits per heavy atom. The first-order chi connectivity index (χ1) is 14.2. The van der Waals surface area contributed by atoms with E-state index in [1.54, 1.807) is 30.5 Å². The Hall–Kier alpha value is -3.32. The molecule has 150 valence electrons. The maximum atomic E-state index is 12.5. The number of ether oxygens (including phenoxy) is 2. The van der Waals surface area contributed by atoms with Gasteiger partial charge in [0.15, 0.2) is 0 Å². The number of aromatic amines is 1.